The number of aromatic amines is 1. The lowest BCUT2D eigenvalue weighted by molar-refractivity contribution is -0.274. The van der Waals surface area contributed by atoms with Crippen LogP contribution < -0.4 is 14.5 Å². The largest absolute Gasteiger partial charge is 0.573 e. The summed E-state index contributed by atoms with van der Waals surface area (Å²) >= 11 is 0. The SMILES string of the molecule is Cc1ccc(-c2cc3c(N4CCN(NS(=O)(=O)c5ccc(OC(F)(F)F)cc5)CC4)ncnc3[nH]2)cc1. The Kier molecular flexibility index (Phi) is 6.52. The van der Waals surface area contributed by atoms with Crippen molar-refractivity contribution >= 4 is 26.9 Å². The molecule has 1 aliphatic heterocycles. The first kappa shape index (κ1) is 25.0. The number of nitrogens with one attached hydrogen (secondary N) is 2. The summed E-state index contributed by atoms with van der Waals surface area (Å²) in [6.07, 6.45) is -3.36. The van der Waals surface area contributed by atoms with Crippen molar-refractivity contribution in [3.8, 4) is 17.0 Å². The Bertz CT molecular complexity index is 1500. The van der Waals surface area contributed by atoms with Crippen molar-refractivity contribution in [2.75, 3.05) is 31.1 Å². The molecule has 2 N–H and O–H groups in total. The van der Waals surface area contributed by atoms with Crippen molar-refractivity contribution in [3.05, 3.63) is 66.5 Å². The van der Waals surface area contributed by atoms with Crippen LogP contribution in [0.15, 0.2) is 65.8 Å². The number of benzene rings is 2. The molecule has 0 atom stereocenters. The van der Waals surface area contributed by atoms with E-state index in [1.54, 1.807) is 5.01 Å². The van der Waals surface area contributed by atoms with E-state index in [0.717, 1.165) is 46.7 Å². The number of hydrogen-bond acceptors (Lipinski definition) is 7. The van der Waals surface area contributed by atoms with Crippen LogP contribution in [0.25, 0.3) is 22.3 Å². The lowest BCUT2D eigenvalue weighted by Gasteiger charge is -2.35. The van der Waals surface area contributed by atoms with E-state index in [-0.39, 0.29) is 4.90 Å². The molecule has 0 unspecified atom stereocenters. The number of alkyl halides is 3. The normalized spacial score (nSPS) is 15.3. The van der Waals surface area contributed by atoms with Gasteiger partial charge < -0.3 is 14.6 Å². The van der Waals surface area contributed by atoms with Gasteiger partial charge in [-0.1, -0.05) is 29.8 Å². The number of ether oxygens (including phenoxy) is 1. The van der Waals surface area contributed by atoms with Gasteiger partial charge in [0.15, 0.2) is 0 Å². The minimum Gasteiger partial charge on any atom is -0.406 e. The van der Waals surface area contributed by atoms with Crippen LogP contribution in [0.4, 0.5) is 19.0 Å². The zero-order chi connectivity index (χ0) is 26.2. The fraction of sp³-hybridized carbons (Fsp3) is 0.250. The average molecular weight is 533 g/mol. The van der Waals surface area contributed by atoms with E-state index in [2.05, 4.69) is 29.4 Å². The molecule has 0 radical (unpaired) electrons. The number of sulfonamides is 1. The highest BCUT2D eigenvalue weighted by Gasteiger charge is 2.31. The number of fused-ring (bicyclic) bond motifs is 1. The molecule has 1 saturated heterocycles. The molecule has 0 bridgehead atoms. The highest BCUT2D eigenvalue weighted by Crippen LogP contribution is 2.29. The minimum absolute atomic E-state index is 0.169. The minimum atomic E-state index is -4.85. The molecule has 194 valence electrons. The predicted molar refractivity (Wildman–Crippen MR) is 131 cm³/mol. The van der Waals surface area contributed by atoms with Crippen molar-refractivity contribution in [1.82, 2.24) is 24.8 Å². The number of nitrogens with zero attached hydrogens (tertiary/aromatic N) is 4. The summed E-state index contributed by atoms with van der Waals surface area (Å²) in [6.45, 7) is 3.77. The van der Waals surface area contributed by atoms with E-state index < -0.39 is 22.1 Å². The molecule has 0 spiro atoms. The molecule has 0 aliphatic carbocycles. The van der Waals surface area contributed by atoms with Crippen LogP contribution in [0.2, 0.25) is 0 Å². The van der Waals surface area contributed by atoms with Gasteiger partial charge in [-0.3, -0.25) is 0 Å². The molecule has 37 heavy (non-hydrogen) atoms. The van der Waals surface area contributed by atoms with E-state index in [4.69, 9.17) is 0 Å². The van der Waals surface area contributed by atoms with Crippen molar-refractivity contribution in [3.63, 3.8) is 0 Å². The van der Waals surface area contributed by atoms with Crippen LogP contribution in [-0.4, -0.2) is 60.9 Å². The highest BCUT2D eigenvalue weighted by atomic mass is 32.2. The average Bonchev–Trinajstić information content (AvgIpc) is 3.29. The van der Waals surface area contributed by atoms with Gasteiger partial charge >= 0.3 is 6.36 Å². The highest BCUT2D eigenvalue weighted by molar-refractivity contribution is 7.89. The molecule has 3 heterocycles. The summed E-state index contributed by atoms with van der Waals surface area (Å²) in [7, 11) is -3.98. The Balaban J connectivity index is 1.25. The van der Waals surface area contributed by atoms with Crippen LogP contribution in [0.3, 0.4) is 0 Å². The van der Waals surface area contributed by atoms with Crippen LogP contribution in [0, 0.1) is 6.92 Å². The van der Waals surface area contributed by atoms with Gasteiger partial charge in [-0.25, -0.2) is 23.4 Å². The Morgan fingerprint density at radius 1 is 0.973 bits per heavy atom. The number of hydrazine groups is 1. The smallest absolute Gasteiger partial charge is 0.406 e. The van der Waals surface area contributed by atoms with E-state index in [1.165, 1.54) is 11.9 Å². The number of piperazine rings is 1. The number of halogens is 3. The molecule has 4 aromatic rings. The summed E-state index contributed by atoms with van der Waals surface area (Å²) in [5.74, 6) is 0.258. The molecule has 13 heteroatoms. The molecule has 1 fully saturated rings. The number of aryl methyl sites for hydroxylation is 1. The lowest BCUT2D eigenvalue weighted by Crippen LogP contribution is -2.53. The van der Waals surface area contributed by atoms with Gasteiger partial charge in [-0.15, -0.1) is 18.0 Å². The zero-order valence-electron chi connectivity index (χ0n) is 19.7. The first-order valence-electron chi connectivity index (χ1n) is 11.4. The topological polar surface area (TPSA) is 103 Å². The Morgan fingerprint density at radius 2 is 1.65 bits per heavy atom. The molecule has 5 rings (SSSR count). The maximum absolute atomic E-state index is 12.7. The van der Waals surface area contributed by atoms with Crippen molar-refractivity contribution in [2.24, 2.45) is 0 Å². The zero-order valence-corrected chi connectivity index (χ0v) is 20.5. The Hall–Kier alpha value is -3.68. The van der Waals surface area contributed by atoms with E-state index in [1.807, 2.05) is 37.3 Å². The van der Waals surface area contributed by atoms with Gasteiger partial charge in [0.05, 0.1) is 10.3 Å². The number of H-pyrrole nitrogens is 1. The van der Waals surface area contributed by atoms with Crippen LogP contribution in [0.1, 0.15) is 5.56 Å². The number of rotatable bonds is 6. The third-order valence-corrected chi connectivity index (χ3v) is 7.35. The number of aromatic nitrogens is 3. The molecule has 0 amide bonds. The predicted octanol–water partition coefficient (Wildman–Crippen LogP) is 3.85. The van der Waals surface area contributed by atoms with Gasteiger partial charge in [0, 0.05) is 31.9 Å². The summed E-state index contributed by atoms with van der Waals surface area (Å²) in [4.78, 5) is 16.6. The van der Waals surface area contributed by atoms with Crippen LogP contribution >= 0.6 is 0 Å². The maximum Gasteiger partial charge on any atom is 0.573 e. The van der Waals surface area contributed by atoms with Gasteiger partial charge in [-0.2, -0.15) is 0 Å². The molecular weight excluding hydrogens is 509 g/mol. The van der Waals surface area contributed by atoms with Crippen LogP contribution in [0.5, 0.6) is 5.75 Å². The third-order valence-electron chi connectivity index (χ3n) is 5.96. The summed E-state index contributed by atoms with van der Waals surface area (Å²) in [5.41, 5.74) is 3.84. The Labute approximate surface area is 210 Å². The second-order valence-corrected chi connectivity index (χ2v) is 10.3. The van der Waals surface area contributed by atoms with E-state index in [0.29, 0.717) is 31.8 Å². The molecular formula is C24H23F3N6O3S. The van der Waals surface area contributed by atoms with Crippen LogP contribution in [-0.2, 0) is 10.0 Å². The van der Waals surface area contributed by atoms with Gasteiger partial charge in [0.1, 0.15) is 23.5 Å². The Morgan fingerprint density at radius 3 is 2.30 bits per heavy atom. The van der Waals surface area contributed by atoms with E-state index in [9.17, 15) is 21.6 Å². The van der Waals surface area contributed by atoms with Crippen molar-refractivity contribution < 1.29 is 26.3 Å². The quantitative estimate of drug-likeness (QED) is 0.389. The van der Waals surface area contributed by atoms with Crippen molar-refractivity contribution in [2.45, 2.75) is 18.2 Å². The first-order chi connectivity index (χ1) is 17.6. The molecule has 0 saturated carbocycles. The second kappa shape index (κ2) is 9.65. The standard InChI is InChI=1S/C24H23F3N6O3S/c1-16-2-4-17(5-3-16)21-14-20-22(30-21)28-15-29-23(20)32-10-12-33(13-11-32)31-37(34,35)19-8-6-18(7-9-19)36-24(25,26)27/h2-9,14-15,31H,10-13H2,1H3,(H,28,29,30). The monoisotopic (exact) mass is 532 g/mol. The molecule has 1 aliphatic rings. The molecule has 2 aromatic carbocycles. The fourth-order valence-electron chi connectivity index (χ4n) is 4.12. The third kappa shape index (κ3) is 5.68. The second-order valence-electron chi connectivity index (χ2n) is 8.60. The molecule has 9 nitrogen and oxygen atoms in total. The maximum atomic E-state index is 12.7. The van der Waals surface area contributed by atoms with E-state index >= 15 is 0 Å². The summed E-state index contributed by atoms with van der Waals surface area (Å²) in [6, 6.07) is 14.2. The number of hydrogen-bond donors (Lipinski definition) is 2. The lowest BCUT2D eigenvalue weighted by atomic mass is 10.1. The number of anilines is 1. The fourth-order valence-corrected chi connectivity index (χ4v) is 5.24. The van der Waals surface area contributed by atoms with Gasteiger partial charge in [0.2, 0.25) is 0 Å². The summed E-state index contributed by atoms with van der Waals surface area (Å²) < 4.78 is 66.3. The first-order valence-corrected chi connectivity index (χ1v) is 12.8. The molecule has 2 aromatic heterocycles. The summed E-state index contributed by atoms with van der Waals surface area (Å²) in [5, 5.41) is 2.42. The van der Waals surface area contributed by atoms with Crippen molar-refractivity contribution in [1.29, 1.82) is 0 Å². The van der Waals surface area contributed by atoms with Gasteiger partial charge in [-0.05, 0) is 42.8 Å². The van der Waals surface area contributed by atoms with Gasteiger partial charge in [0.25, 0.3) is 10.0 Å².